The number of phenolic OH excluding ortho intramolecular Hbond substituents is 2. The highest BCUT2D eigenvalue weighted by Gasteiger charge is 2.52. The molecule has 0 amide bonds. The van der Waals surface area contributed by atoms with Crippen molar-refractivity contribution in [2.45, 2.75) is 71.5 Å². The number of phenols is 2. The van der Waals surface area contributed by atoms with E-state index in [0.29, 0.717) is 11.0 Å². The molecule has 1 saturated heterocycles. The van der Waals surface area contributed by atoms with E-state index in [1.54, 1.807) is 12.1 Å². The van der Waals surface area contributed by atoms with Crippen LogP contribution in [0, 0.1) is 5.92 Å². The van der Waals surface area contributed by atoms with Crippen molar-refractivity contribution in [3.8, 4) is 11.5 Å². The van der Waals surface area contributed by atoms with Crippen LogP contribution < -0.4 is 5.46 Å². The number of hydrogen-bond acceptors (Lipinski definition) is 4. The second kappa shape index (κ2) is 6.71. The Morgan fingerprint density at radius 3 is 2.11 bits per heavy atom. The Balaban J connectivity index is 1.99. The zero-order valence-corrected chi connectivity index (χ0v) is 17.3. The van der Waals surface area contributed by atoms with Crippen molar-refractivity contribution in [2.75, 3.05) is 0 Å². The molecule has 0 saturated carbocycles. The van der Waals surface area contributed by atoms with Gasteiger partial charge in [0.15, 0.2) is 0 Å². The lowest BCUT2D eigenvalue weighted by Crippen LogP contribution is -2.41. The predicted molar refractivity (Wildman–Crippen MR) is 110 cm³/mol. The monoisotopic (exact) mass is 370 g/mol. The van der Waals surface area contributed by atoms with Gasteiger partial charge in [0.05, 0.1) is 11.2 Å². The van der Waals surface area contributed by atoms with Crippen LogP contribution in [0.4, 0.5) is 0 Å². The van der Waals surface area contributed by atoms with Gasteiger partial charge in [0.2, 0.25) is 0 Å². The lowest BCUT2D eigenvalue weighted by molar-refractivity contribution is 0.00578. The SMILES string of the molecule is C=C(C)[C@@H]1CCC(C)=C[C@H]1c1c(O)cc(B2OC(C)(C)C(C)(C)O2)cc1O. The van der Waals surface area contributed by atoms with Gasteiger partial charge >= 0.3 is 7.12 Å². The van der Waals surface area contributed by atoms with Gasteiger partial charge in [-0.15, -0.1) is 0 Å². The van der Waals surface area contributed by atoms with Crippen LogP contribution in [0.15, 0.2) is 35.9 Å². The fourth-order valence-corrected chi connectivity index (χ4v) is 4.01. The van der Waals surface area contributed by atoms with Crippen molar-refractivity contribution in [3.63, 3.8) is 0 Å². The van der Waals surface area contributed by atoms with Gasteiger partial charge in [0.1, 0.15) is 11.5 Å². The molecule has 1 fully saturated rings. The average Bonchev–Trinajstić information content (AvgIpc) is 2.74. The molecular weight excluding hydrogens is 339 g/mol. The Kier molecular flexibility index (Phi) is 4.98. The summed E-state index contributed by atoms with van der Waals surface area (Å²) in [4.78, 5) is 0. The predicted octanol–water partition coefficient (Wildman–Crippen LogP) is 4.41. The van der Waals surface area contributed by atoms with E-state index in [0.717, 1.165) is 18.4 Å². The van der Waals surface area contributed by atoms with E-state index in [2.05, 4.69) is 19.6 Å². The van der Waals surface area contributed by atoms with Crippen LogP contribution in [0.2, 0.25) is 0 Å². The maximum atomic E-state index is 10.8. The largest absolute Gasteiger partial charge is 0.508 e. The maximum absolute atomic E-state index is 10.8. The van der Waals surface area contributed by atoms with Gasteiger partial charge in [-0.05, 0) is 77.9 Å². The third kappa shape index (κ3) is 3.55. The molecule has 27 heavy (non-hydrogen) atoms. The summed E-state index contributed by atoms with van der Waals surface area (Å²) in [6.45, 7) is 16.1. The molecule has 0 bridgehead atoms. The highest BCUT2D eigenvalue weighted by Crippen LogP contribution is 2.46. The normalized spacial score (nSPS) is 26.7. The van der Waals surface area contributed by atoms with Gasteiger partial charge < -0.3 is 19.5 Å². The molecule has 5 heteroatoms. The minimum absolute atomic E-state index is 0.0712. The number of rotatable bonds is 3. The van der Waals surface area contributed by atoms with Gasteiger partial charge in [-0.25, -0.2) is 0 Å². The Morgan fingerprint density at radius 1 is 1.11 bits per heavy atom. The van der Waals surface area contributed by atoms with Crippen LogP contribution in [0.25, 0.3) is 0 Å². The quantitative estimate of drug-likeness (QED) is 0.611. The summed E-state index contributed by atoms with van der Waals surface area (Å²) in [6.07, 6.45) is 4.13. The molecule has 1 aromatic rings. The van der Waals surface area contributed by atoms with Gasteiger partial charge in [-0.1, -0.05) is 23.8 Å². The smallest absolute Gasteiger partial charge is 0.495 e. The van der Waals surface area contributed by atoms with Gasteiger partial charge in [0.25, 0.3) is 0 Å². The zero-order chi connectivity index (χ0) is 20.1. The Bertz CT molecular complexity index is 754. The molecule has 0 unspecified atom stereocenters. The van der Waals surface area contributed by atoms with Crippen LogP contribution >= 0.6 is 0 Å². The van der Waals surface area contributed by atoms with E-state index in [4.69, 9.17) is 9.31 Å². The van der Waals surface area contributed by atoms with Crippen LogP contribution in [0.1, 0.15) is 65.9 Å². The van der Waals surface area contributed by atoms with Crippen molar-refractivity contribution in [2.24, 2.45) is 5.92 Å². The second-order valence-electron chi connectivity index (χ2n) is 9.09. The molecule has 0 spiro atoms. The fraction of sp³-hybridized carbons (Fsp3) is 0.545. The topological polar surface area (TPSA) is 58.9 Å². The molecule has 1 aromatic carbocycles. The molecular formula is C22H31BO4. The van der Waals surface area contributed by atoms with E-state index >= 15 is 0 Å². The second-order valence-corrected chi connectivity index (χ2v) is 9.09. The summed E-state index contributed by atoms with van der Waals surface area (Å²) in [5.41, 5.74) is 2.56. The van der Waals surface area contributed by atoms with Crippen LogP contribution in [0.5, 0.6) is 11.5 Å². The molecule has 3 rings (SSSR count). The van der Waals surface area contributed by atoms with Crippen molar-refractivity contribution in [3.05, 3.63) is 41.5 Å². The van der Waals surface area contributed by atoms with Crippen LogP contribution in [-0.4, -0.2) is 28.5 Å². The van der Waals surface area contributed by atoms with Gasteiger partial charge in [-0.2, -0.15) is 0 Å². The Morgan fingerprint density at radius 2 is 1.63 bits per heavy atom. The average molecular weight is 370 g/mol. The van der Waals surface area contributed by atoms with Gasteiger partial charge in [0, 0.05) is 11.5 Å². The standard InChI is InChI=1S/C22H31BO4/c1-13(2)16-9-8-14(3)10-17(16)20-18(24)11-15(12-19(20)25)23-26-21(4,5)22(6,7)27-23/h10-12,16-17,24-25H,1,8-9H2,2-7H3/t16-,17+/m0/s1. The molecule has 1 heterocycles. The summed E-state index contributed by atoms with van der Waals surface area (Å²) in [5.74, 6) is 0.264. The third-order valence-electron chi connectivity index (χ3n) is 6.40. The van der Waals surface area contributed by atoms with Crippen LogP contribution in [0.3, 0.4) is 0 Å². The van der Waals surface area contributed by atoms with E-state index in [1.807, 2.05) is 34.6 Å². The first-order chi connectivity index (χ1) is 12.4. The molecule has 0 aromatic heterocycles. The first kappa shape index (κ1) is 20.0. The lowest BCUT2D eigenvalue weighted by Gasteiger charge is -2.32. The maximum Gasteiger partial charge on any atom is 0.495 e. The summed E-state index contributed by atoms with van der Waals surface area (Å²) in [7, 11) is -0.624. The van der Waals surface area contributed by atoms with Crippen molar-refractivity contribution in [1.29, 1.82) is 0 Å². The molecule has 2 aliphatic rings. The summed E-state index contributed by atoms with van der Waals surface area (Å²) in [5, 5.41) is 21.6. The molecule has 0 radical (unpaired) electrons. The molecule has 1 aliphatic heterocycles. The van der Waals surface area contributed by atoms with E-state index in [1.165, 1.54) is 5.57 Å². The summed E-state index contributed by atoms with van der Waals surface area (Å²) in [6, 6.07) is 3.31. The zero-order valence-electron chi connectivity index (χ0n) is 17.3. The minimum Gasteiger partial charge on any atom is -0.508 e. The number of allylic oxidation sites excluding steroid dienone is 3. The highest BCUT2D eigenvalue weighted by atomic mass is 16.7. The number of aromatic hydroxyl groups is 2. The van der Waals surface area contributed by atoms with Crippen molar-refractivity contribution < 1.29 is 19.5 Å². The van der Waals surface area contributed by atoms with E-state index < -0.39 is 18.3 Å². The fourth-order valence-electron chi connectivity index (χ4n) is 4.01. The number of benzene rings is 1. The van der Waals surface area contributed by atoms with Gasteiger partial charge in [-0.3, -0.25) is 0 Å². The Labute approximate surface area is 163 Å². The molecule has 146 valence electrons. The van der Waals surface area contributed by atoms with E-state index in [9.17, 15) is 10.2 Å². The molecule has 4 nitrogen and oxygen atoms in total. The number of hydrogen-bond donors (Lipinski definition) is 2. The first-order valence-corrected chi connectivity index (χ1v) is 9.67. The highest BCUT2D eigenvalue weighted by molar-refractivity contribution is 6.62. The molecule has 2 N–H and O–H groups in total. The summed E-state index contributed by atoms with van der Waals surface area (Å²) >= 11 is 0. The lowest BCUT2D eigenvalue weighted by atomic mass is 9.72. The summed E-state index contributed by atoms with van der Waals surface area (Å²) < 4.78 is 12.1. The van der Waals surface area contributed by atoms with Crippen molar-refractivity contribution >= 4 is 12.6 Å². The first-order valence-electron chi connectivity index (χ1n) is 9.67. The minimum atomic E-state index is -0.624. The Hall–Kier alpha value is -1.72. The van der Waals surface area contributed by atoms with Crippen LogP contribution in [-0.2, 0) is 9.31 Å². The third-order valence-corrected chi connectivity index (χ3v) is 6.40. The molecule has 2 atom stereocenters. The van der Waals surface area contributed by atoms with Crippen molar-refractivity contribution in [1.82, 2.24) is 0 Å². The van der Waals surface area contributed by atoms with E-state index in [-0.39, 0.29) is 23.3 Å². The molecule has 1 aliphatic carbocycles.